The number of carbonyl (C=O) groups excluding carboxylic acids is 1. The molecule has 1 aliphatic rings. The Morgan fingerprint density at radius 2 is 1.81 bits per heavy atom. The van der Waals surface area contributed by atoms with Crippen molar-refractivity contribution in [1.29, 1.82) is 0 Å². The summed E-state index contributed by atoms with van der Waals surface area (Å²) in [5, 5.41) is 3.46. The van der Waals surface area contributed by atoms with Crippen LogP contribution in [0.4, 0.5) is 10.1 Å². The minimum Gasteiger partial charge on any atom is -0.312 e. The SMILES string of the molecule is C[C@H]1CN(Cc2ccc(N(C)C(=O)c3ccc(-c4ccc(F)cc4)cn3)cc2)CCN1. The number of pyridine rings is 1. The van der Waals surface area contributed by atoms with Gasteiger partial charge in [0.15, 0.2) is 0 Å². The Balaban J connectivity index is 1.41. The molecule has 0 radical (unpaired) electrons. The standard InChI is InChI=1S/C25H27FN4O/c1-18-16-30(14-13-27-18)17-19-3-10-23(11-4-19)29(2)25(31)24-12-7-21(15-28-24)20-5-8-22(26)9-6-20/h3-12,15,18,27H,13-14,16-17H2,1-2H3/t18-/m0/s1. The number of piperazine rings is 1. The monoisotopic (exact) mass is 418 g/mol. The number of anilines is 1. The Morgan fingerprint density at radius 1 is 1.10 bits per heavy atom. The molecule has 1 fully saturated rings. The molecule has 31 heavy (non-hydrogen) atoms. The normalized spacial score (nSPS) is 16.8. The Kier molecular flexibility index (Phi) is 6.39. The van der Waals surface area contributed by atoms with E-state index in [0.717, 1.165) is 43.0 Å². The largest absolute Gasteiger partial charge is 0.312 e. The summed E-state index contributed by atoms with van der Waals surface area (Å²) in [5.74, 6) is -0.451. The third-order valence-electron chi connectivity index (χ3n) is 5.65. The maximum absolute atomic E-state index is 13.1. The molecular formula is C25H27FN4O. The molecular weight excluding hydrogens is 391 g/mol. The number of amides is 1. The highest BCUT2D eigenvalue weighted by molar-refractivity contribution is 6.04. The predicted octanol–water partition coefficient (Wildman–Crippen LogP) is 3.96. The molecule has 0 bridgehead atoms. The van der Waals surface area contributed by atoms with Gasteiger partial charge in [-0.05, 0) is 48.4 Å². The highest BCUT2D eigenvalue weighted by Crippen LogP contribution is 2.21. The first-order valence-corrected chi connectivity index (χ1v) is 10.5. The fourth-order valence-electron chi connectivity index (χ4n) is 3.86. The molecule has 1 aliphatic heterocycles. The molecule has 1 N–H and O–H groups in total. The molecule has 5 nitrogen and oxygen atoms in total. The lowest BCUT2D eigenvalue weighted by Gasteiger charge is -2.31. The van der Waals surface area contributed by atoms with Crippen LogP contribution in [0, 0.1) is 5.82 Å². The van der Waals surface area contributed by atoms with E-state index in [4.69, 9.17) is 0 Å². The van der Waals surface area contributed by atoms with E-state index in [9.17, 15) is 9.18 Å². The minimum atomic E-state index is -0.279. The second-order valence-electron chi connectivity index (χ2n) is 8.06. The quantitative estimate of drug-likeness (QED) is 0.682. The van der Waals surface area contributed by atoms with Gasteiger partial charge in [0.2, 0.25) is 0 Å². The zero-order chi connectivity index (χ0) is 21.8. The third-order valence-corrected chi connectivity index (χ3v) is 5.65. The van der Waals surface area contributed by atoms with Crippen molar-refractivity contribution in [2.75, 3.05) is 31.6 Å². The number of rotatable bonds is 5. The van der Waals surface area contributed by atoms with Crippen molar-refractivity contribution in [2.45, 2.75) is 19.5 Å². The number of nitrogens with one attached hydrogen (secondary N) is 1. The zero-order valence-electron chi connectivity index (χ0n) is 17.9. The van der Waals surface area contributed by atoms with E-state index >= 15 is 0 Å². The molecule has 4 rings (SSSR count). The van der Waals surface area contributed by atoms with Gasteiger partial charge in [-0.25, -0.2) is 4.39 Å². The van der Waals surface area contributed by atoms with Crippen LogP contribution >= 0.6 is 0 Å². The first-order chi connectivity index (χ1) is 15.0. The van der Waals surface area contributed by atoms with Crippen LogP contribution in [0.15, 0.2) is 66.9 Å². The lowest BCUT2D eigenvalue weighted by atomic mass is 10.1. The van der Waals surface area contributed by atoms with Crippen molar-refractivity contribution in [3.05, 3.63) is 83.9 Å². The number of benzene rings is 2. The van der Waals surface area contributed by atoms with Crippen molar-refractivity contribution < 1.29 is 9.18 Å². The summed E-state index contributed by atoms with van der Waals surface area (Å²) in [4.78, 5) is 21.3. The Bertz CT molecular complexity index is 1020. The summed E-state index contributed by atoms with van der Waals surface area (Å²) in [6, 6.07) is 18.4. The van der Waals surface area contributed by atoms with Gasteiger partial charge in [-0.15, -0.1) is 0 Å². The molecule has 3 aromatic rings. The number of hydrogen-bond donors (Lipinski definition) is 1. The van der Waals surface area contributed by atoms with Gasteiger partial charge in [-0.1, -0.05) is 30.3 Å². The summed E-state index contributed by atoms with van der Waals surface area (Å²) < 4.78 is 13.1. The fraction of sp³-hybridized carbons (Fsp3) is 0.280. The van der Waals surface area contributed by atoms with Gasteiger partial charge < -0.3 is 10.2 Å². The Morgan fingerprint density at radius 3 is 2.45 bits per heavy atom. The molecule has 2 aromatic carbocycles. The summed E-state index contributed by atoms with van der Waals surface area (Å²) in [6.45, 7) is 6.22. The van der Waals surface area contributed by atoms with Crippen LogP contribution in [-0.4, -0.2) is 48.5 Å². The topological polar surface area (TPSA) is 48.5 Å². The molecule has 2 heterocycles. The highest BCUT2D eigenvalue weighted by atomic mass is 19.1. The Labute approximate surface area is 182 Å². The maximum Gasteiger partial charge on any atom is 0.276 e. The maximum atomic E-state index is 13.1. The third kappa shape index (κ3) is 5.16. The summed E-state index contributed by atoms with van der Waals surface area (Å²) in [5.41, 5.74) is 4.13. The van der Waals surface area contributed by atoms with E-state index in [1.807, 2.05) is 18.2 Å². The van der Waals surface area contributed by atoms with Crippen molar-refractivity contribution in [3.63, 3.8) is 0 Å². The minimum absolute atomic E-state index is 0.172. The Hall–Kier alpha value is -3.09. The molecule has 0 unspecified atom stereocenters. The van der Waals surface area contributed by atoms with Crippen LogP contribution in [0.1, 0.15) is 23.0 Å². The zero-order valence-corrected chi connectivity index (χ0v) is 17.9. The van der Waals surface area contributed by atoms with Gasteiger partial charge in [0.05, 0.1) is 0 Å². The van der Waals surface area contributed by atoms with E-state index in [1.54, 1.807) is 36.3 Å². The molecule has 1 amide bonds. The van der Waals surface area contributed by atoms with Crippen molar-refractivity contribution in [3.8, 4) is 11.1 Å². The summed E-state index contributed by atoms with van der Waals surface area (Å²) >= 11 is 0. The molecule has 1 aromatic heterocycles. The first kappa shape index (κ1) is 21.2. The van der Waals surface area contributed by atoms with Crippen LogP contribution < -0.4 is 10.2 Å². The lowest BCUT2D eigenvalue weighted by Crippen LogP contribution is -2.48. The van der Waals surface area contributed by atoms with E-state index in [2.05, 4.69) is 34.3 Å². The molecule has 1 atom stereocenters. The number of halogens is 1. The van der Waals surface area contributed by atoms with Crippen LogP contribution in [0.2, 0.25) is 0 Å². The van der Waals surface area contributed by atoms with Crippen LogP contribution in [0.5, 0.6) is 0 Å². The number of aromatic nitrogens is 1. The highest BCUT2D eigenvalue weighted by Gasteiger charge is 2.17. The molecule has 0 saturated carbocycles. The first-order valence-electron chi connectivity index (χ1n) is 10.5. The summed E-state index contributed by atoms with van der Waals surface area (Å²) in [6.07, 6.45) is 1.64. The van der Waals surface area contributed by atoms with E-state index in [1.165, 1.54) is 17.7 Å². The van der Waals surface area contributed by atoms with E-state index < -0.39 is 0 Å². The van der Waals surface area contributed by atoms with Crippen molar-refractivity contribution in [2.24, 2.45) is 0 Å². The number of carbonyl (C=O) groups is 1. The van der Waals surface area contributed by atoms with Gasteiger partial charge >= 0.3 is 0 Å². The van der Waals surface area contributed by atoms with Gasteiger partial charge in [0, 0.05) is 56.7 Å². The second kappa shape index (κ2) is 9.37. The predicted molar refractivity (Wildman–Crippen MR) is 122 cm³/mol. The average molecular weight is 419 g/mol. The van der Waals surface area contributed by atoms with Crippen LogP contribution in [0.25, 0.3) is 11.1 Å². The molecule has 160 valence electrons. The van der Waals surface area contributed by atoms with Gasteiger partial charge in [0.25, 0.3) is 5.91 Å². The van der Waals surface area contributed by atoms with Gasteiger partial charge in [-0.3, -0.25) is 14.7 Å². The lowest BCUT2D eigenvalue weighted by molar-refractivity contribution is 0.0988. The molecule has 0 aliphatic carbocycles. The van der Waals surface area contributed by atoms with Gasteiger partial charge in [-0.2, -0.15) is 0 Å². The fourth-order valence-corrected chi connectivity index (χ4v) is 3.86. The second-order valence-corrected chi connectivity index (χ2v) is 8.06. The van der Waals surface area contributed by atoms with Crippen molar-refractivity contribution in [1.82, 2.24) is 15.2 Å². The molecule has 6 heteroatoms. The molecule has 0 spiro atoms. The smallest absolute Gasteiger partial charge is 0.276 e. The summed E-state index contributed by atoms with van der Waals surface area (Å²) in [7, 11) is 1.75. The number of nitrogens with zero attached hydrogens (tertiary/aromatic N) is 3. The van der Waals surface area contributed by atoms with Gasteiger partial charge in [0.1, 0.15) is 11.5 Å². The number of hydrogen-bond acceptors (Lipinski definition) is 4. The van der Waals surface area contributed by atoms with E-state index in [0.29, 0.717) is 11.7 Å². The van der Waals surface area contributed by atoms with Crippen molar-refractivity contribution >= 4 is 11.6 Å². The van der Waals surface area contributed by atoms with Crippen LogP contribution in [0.3, 0.4) is 0 Å². The average Bonchev–Trinajstić information content (AvgIpc) is 2.79. The van der Waals surface area contributed by atoms with Crippen LogP contribution in [-0.2, 0) is 6.54 Å². The molecule has 1 saturated heterocycles. The van der Waals surface area contributed by atoms with E-state index in [-0.39, 0.29) is 11.7 Å².